The molecule has 0 bridgehead atoms. The van der Waals surface area contributed by atoms with E-state index in [2.05, 4.69) is 31.1 Å². The van der Waals surface area contributed by atoms with E-state index in [9.17, 15) is 0 Å². The molecule has 0 aromatic heterocycles. The molecule has 0 atom stereocenters. The van der Waals surface area contributed by atoms with Crippen molar-refractivity contribution < 1.29 is 4.74 Å². The van der Waals surface area contributed by atoms with Crippen molar-refractivity contribution in [3.8, 4) is 0 Å². The van der Waals surface area contributed by atoms with Crippen molar-refractivity contribution in [2.45, 2.75) is 51.6 Å². The van der Waals surface area contributed by atoms with Crippen molar-refractivity contribution in [2.24, 2.45) is 0 Å². The van der Waals surface area contributed by atoms with E-state index < -0.39 is 0 Å². The van der Waals surface area contributed by atoms with Crippen molar-refractivity contribution in [1.29, 1.82) is 0 Å². The lowest BCUT2D eigenvalue weighted by Crippen LogP contribution is -2.42. The summed E-state index contributed by atoms with van der Waals surface area (Å²) in [5.41, 5.74) is 0. The molecule has 3 heteroatoms. The molecular formula is C13H28N2O. The van der Waals surface area contributed by atoms with Crippen LogP contribution < -0.4 is 5.32 Å². The second-order valence-electron chi connectivity index (χ2n) is 4.79. The molecule has 96 valence electrons. The van der Waals surface area contributed by atoms with Crippen LogP contribution in [0.3, 0.4) is 0 Å². The normalized spacial score (nSPS) is 18.6. The van der Waals surface area contributed by atoms with Crippen LogP contribution in [0.1, 0.15) is 39.5 Å². The molecule has 1 aliphatic heterocycles. The Morgan fingerprint density at radius 1 is 1.25 bits per heavy atom. The zero-order valence-electron chi connectivity index (χ0n) is 11.2. The highest BCUT2D eigenvalue weighted by Crippen LogP contribution is 2.11. The topological polar surface area (TPSA) is 24.5 Å². The van der Waals surface area contributed by atoms with Gasteiger partial charge in [0.1, 0.15) is 0 Å². The first kappa shape index (κ1) is 13.9. The van der Waals surface area contributed by atoms with Gasteiger partial charge in [-0.15, -0.1) is 0 Å². The van der Waals surface area contributed by atoms with Crippen LogP contribution in [0.15, 0.2) is 0 Å². The van der Waals surface area contributed by atoms with E-state index in [1.54, 1.807) is 0 Å². The van der Waals surface area contributed by atoms with Crippen molar-refractivity contribution in [2.75, 3.05) is 33.4 Å². The average Bonchev–Trinajstić information content (AvgIpc) is 2.35. The third-order valence-corrected chi connectivity index (χ3v) is 3.70. The van der Waals surface area contributed by atoms with Gasteiger partial charge in [0.05, 0.1) is 0 Å². The highest BCUT2D eigenvalue weighted by atomic mass is 16.5. The van der Waals surface area contributed by atoms with Gasteiger partial charge in [0, 0.05) is 38.4 Å². The lowest BCUT2D eigenvalue weighted by molar-refractivity contribution is 0.0432. The standard InChI is InChI=1S/C13H28N2O/c1-4-12(5-2)14-8-9-15(3)13-6-10-16-11-7-13/h12-14H,4-11H2,1-3H3. The predicted molar refractivity (Wildman–Crippen MR) is 68.8 cm³/mol. The Balaban J connectivity index is 2.11. The molecule has 1 rings (SSSR count). The molecule has 1 aliphatic rings. The zero-order chi connectivity index (χ0) is 11.8. The second-order valence-corrected chi connectivity index (χ2v) is 4.79. The van der Waals surface area contributed by atoms with E-state index >= 15 is 0 Å². The summed E-state index contributed by atoms with van der Waals surface area (Å²) in [6.07, 6.45) is 4.86. The van der Waals surface area contributed by atoms with Crippen LogP contribution in [0, 0.1) is 0 Å². The van der Waals surface area contributed by atoms with E-state index in [1.807, 2.05) is 0 Å². The Hall–Kier alpha value is -0.120. The van der Waals surface area contributed by atoms with Gasteiger partial charge in [-0.25, -0.2) is 0 Å². The smallest absolute Gasteiger partial charge is 0.0480 e. The molecule has 16 heavy (non-hydrogen) atoms. The highest BCUT2D eigenvalue weighted by molar-refractivity contribution is 4.73. The van der Waals surface area contributed by atoms with Gasteiger partial charge in [0.2, 0.25) is 0 Å². The summed E-state index contributed by atoms with van der Waals surface area (Å²) in [5, 5.41) is 3.62. The van der Waals surface area contributed by atoms with Gasteiger partial charge in [-0.05, 0) is 32.7 Å². The lowest BCUT2D eigenvalue weighted by Gasteiger charge is -2.31. The molecule has 3 nitrogen and oxygen atoms in total. The Morgan fingerprint density at radius 2 is 1.88 bits per heavy atom. The molecule has 0 aromatic rings. The minimum atomic E-state index is 0.697. The van der Waals surface area contributed by atoms with Gasteiger partial charge >= 0.3 is 0 Å². The molecule has 0 unspecified atom stereocenters. The van der Waals surface area contributed by atoms with Crippen molar-refractivity contribution in [3.05, 3.63) is 0 Å². The number of nitrogens with zero attached hydrogens (tertiary/aromatic N) is 1. The summed E-state index contributed by atoms with van der Waals surface area (Å²) in [6, 6.07) is 1.43. The fourth-order valence-corrected chi connectivity index (χ4v) is 2.33. The third kappa shape index (κ3) is 4.81. The van der Waals surface area contributed by atoms with Gasteiger partial charge in [-0.2, -0.15) is 0 Å². The van der Waals surface area contributed by atoms with Gasteiger partial charge in [0.15, 0.2) is 0 Å². The zero-order valence-corrected chi connectivity index (χ0v) is 11.2. The first-order valence-corrected chi connectivity index (χ1v) is 6.79. The quantitative estimate of drug-likeness (QED) is 0.720. The van der Waals surface area contributed by atoms with Crippen LogP contribution in [0.4, 0.5) is 0 Å². The number of hydrogen-bond acceptors (Lipinski definition) is 3. The molecule has 0 amide bonds. The molecule has 1 fully saturated rings. The molecule has 0 aromatic carbocycles. The van der Waals surface area contributed by atoms with Crippen LogP contribution >= 0.6 is 0 Å². The summed E-state index contributed by atoms with van der Waals surface area (Å²) in [5.74, 6) is 0. The lowest BCUT2D eigenvalue weighted by atomic mass is 10.1. The summed E-state index contributed by atoms with van der Waals surface area (Å²) in [4.78, 5) is 2.48. The second kappa shape index (κ2) is 8.04. The molecule has 1 saturated heterocycles. The van der Waals surface area contributed by atoms with E-state index in [1.165, 1.54) is 25.7 Å². The number of ether oxygens (including phenoxy) is 1. The molecular weight excluding hydrogens is 200 g/mol. The Labute approximate surface area is 101 Å². The molecule has 0 saturated carbocycles. The average molecular weight is 228 g/mol. The number of hydrogen-bond donors (Lipinski definition) is 1. The highest BCUT2D eigenvalue weighted by Gasteiger charge is 2.17. The summed E-state index contributed by atoms with van der Waals surface area (Å²) >= 11 is 0. The molecule has 0 aliphatic carbocycles. The van der Waals surface area contributed by atoms with Crippen molar-refractivity contribution >= 4 is 0 Å². The molecule has 0 spiro atoms. The molecule has 0 radical (unpaired) electrons. The number of likely N-dealkylation sites (N-methyl/N-ethyl adjacent to an activating group) is 1. The van der Waals surface area contributed by atoms with Crippen molar-refractivity contribution in [3.63, 3.8) is 0 Å². The van der Waals surface area contributed by atoms with Gasteiger partial charge < -0.3 is 15.0 Å². The molecule has 1 heterocycles. The summed E-state index contributed by atoms with van der Waals surface area (Å²) < 4.78 is 5.39. The van der Waals surface area contributed by atoms with E-state index in [0.717, 1.165) is 32.3 Å². The minimum Gasteiger partial charge on any atom is -0.381 e. The van der Waals surface area contributed by atoms with E-state index in [0.29, 0.717) is 6.04 Å². The predicted octanol–water partition coefficient (Wildman–Crippen LogP) is 1.88. The largest absolute Gasteiger partial charge is 0.381 e. The minimum absolute atomic E-state index is 0.697. The third-order valence-electron chi connectivity index (χ3n) is 3.70. The van der Waals surface area contributed by atoms with E-state index in [-0.39, 0.29) is 0 Å². The summed E-state index contributed by atoms with van der Waals surface area (Å²) in [7, 11) is 2.24. The number of rotatable bonds is 7. The van der Waals surface area contributed by atoms with Gasteiger partial charge in [-0.3, -0.25) is 0 Å². The Bertz CT molecular complexity index is 165. The molecule has 1 N–H and O–H groups in total. The number of nitrogens with one attached hydrogen (secondary N) is 1. The van der Waals surface area contributed by atoms with Crippen LogP contribution in [0.5, 0.6) is 0 Å². The fourth-order valence-electron chi connectivity index (χ4n) is 2.33. The SMILES string of the molecule is CCC(CC)NCCN(C)C1CCOCC1. The monoisotopic (exact) mass is 228 g/mol. The first-order chi connectivity index (χ1) is 7.77. The van der Waals surface area contributed by atoms with Crippen LogP contribution in [-0.2, 0) is 4.74 Å². The fraction of sp³-hybridized carbons (Fsp3) is 1.00. The maximum atomic E-state index is 5.39. The van der Waals surface area contributed by atoms with Crippen LogP contribution in [-0.4, -0.2) is 50.3 Å². The van der Waals surface area contributed by atoms with Crippen molar-refractivity contribution in [1.82, 2.24) is 10.2 Å². The Morgan fingerprint density at radius 3 is 2.44 bits per heavy atom. The van der Waals surface area contributed by atoms with Gasteiger partial charge in [0.25, 0.3) is 0 Å². The van der Waals surface area contributed by atoms with E-state index in [4.69, 9.17) is 4.74 Å². The maximum absolute atomic E-state index is 5.39. The van der Waals surface area contributed by atoms with Crippen LogP contribution in [0.2, 0.25) is 0 Å². The van der Waals surface area contributed by atoms with Crippen LogP contribution in [0.25, 0.3) is 0 Å². The Kier molecular flexibility index (Phi) is 7.01. The summed E-state index contributed by atoms with van der Waals surface area (Å²) in [6.45, 7) is 8.65. The van der Waals surface area contributed by atoms with Gasteiger partial charge in [-0.1, -0.05) is 13.8 Å². The first-order valence-electron chi connectivity index (χ1n) is 6.79. The maximum Gasteiger partial charge on any atom is 0.0480 e.